The Bertz CT molecular complexity index is 1200. The lowest BCUT2D eigenvalue weighted by molar-refractivity contribution is -0.125. The van der Waals surface area contributed by atoms with Gasteiger partial charge in [0, 0.05) is 34.9 Å². The number of methoxy groups -OCH3 is 1. The summed E-state index contributed by atoms with van der Waals surface area (Å²) >= 11 is 12.5. The highest BCUT2D eigenvalue weighted by Crippen LogP contribution is 2.28. The number of rotatable bonds is 9. The third kappa shape index (κ3) is 6.97. The molecule has 0 fully saturated rings. The Hall–Kier alpha value is -3.07. The third-order valence-electron chi connectivity index (χ3n) is 5.10. The maximum Gasteiger partial charge on any atom is 0.337 e. The first kappa shape index (κ1) is 26.5. The molecule has 0 bridgehead atoms. The second-order valence-corrected chi connectivity index (χ2v) is 9.59. The van der Waals surface area contributed by atoms with Crippen LogP contribution in [0.1, 0.15) is 22.8 Å². The Balaban J connectivity index is 1.56. The quantitative estimate of drug-likeness (QED) is 0.388. The molecular weight excluding hydrogens is 511 g/mol. The predicted molar refractivity (Wildman–Crippen MR) is 137 cm³/mol. The van der Waals surface area contributed by atoms with Crippen molar-refractivity contribution in [3.05, 3.63) is 87.9 Å². The lowest BCUT2D eigenvalue weighted by Gasteiger charge is -2.21. The van der Waals surface area contributed by atoms with E-state index >= 15 is 0 Å². The summed E-state index contributed by atoms with van der Waals surface area (Å²) in [5, 5.41) is 1.20. The van der Waals surface area contributed by atoms with E-state index in [0.29, 0.717) is 32.8 Å². The van der Waals surface area contributed by atoms with Crippen LogP contribution in [-0.2, 0) is 27.1 Å². The van der Waals surface area contributed by atoms with Crippen molar-refractivity contribution in [3.63, 3.8) is 0 Å². The van der Waals surface area contributed by atoms with Crippen LogP contribution >= 0.6 is 23.2 Å². The molecule has 1 N–H and O–H groups in total. The Kier molecular flexibility index (Phi) is 9.14. The lowest BCUT2D eigenvalue weighted by atomic mass is 10.2. The van der Waals surface area contributed by atoms with Gasteiger partial charge in [-0.1, -0.05) is 29.3 Å². The summed E-state index contributed by atoms with van der Waals surface area (Å²) in [4.78, 5) is 26.3. The number of nitrogens with zero attached hydrogens (tertiary/aromatic N) is 1. The molecule has 0 heterocycles. The number of ether oxygens (including phenoxy) is 2. The highest BCUT2D eigenvalue weighted by Gasteiger charge is 2.18. The maximum absolute atomic E-state index is 12.5. The van der Waals surface area contributed by atoms with Crippen molar-refractivity contribution in [2.75, 3.05) is 19.1 Å². The number of amides is 1. The molecule has 1 amide bonds. The summed E-state index contributed by atoms with van der Waals surface area (Å²) in [6.45, 7) is 2.08. The van der Waals surface area contributed by atoms with Gasteiger partial charge < -0.3 is 14.4 Å². The Morgan fingerprint density at radius 2 is 1.60 bits per heavy atom. The molecule has 2 atom stereocenters. The lowest BCUT2D eigenvalue weighted by Crippen LogP contribution is -2.37. The van der Waals surface area contributed by atoms with Crippen LogP contribution in [0.3, 0.4) is 0 Å². The van der Waals surface area contributed by atoms with Gasteiger partial charge >= 0.3 is 5.97 Å². The van der Waals surface area contributed by atoms with E-state index < -0.39 is 29.0 Å². The molecule has 3 aromatic rings. The number of hydrogen-bond donors (Lipinski definition) is 1. The van der Waals surface area contributed by atoms with Crippen molar-refractivity contribution < 1.29 is 23.3 Å². The van der Waals surface area contributed by atoms with Crippen LogP contribution in [0, 0.1) is 0 Å². The zero-order valence-corrected chi connectivity index (χ0v) is 21.6. The standard InChI is InChI=1S/C25H24Cl2N2O5S/c1-16(24(30)28-35(32)20-13-7-17(8-14-20)25(31)33-3)34-19-11-9-18(10-12-19)29(2)15-21-22(26)5-4-6-23(21)27/h4-14,16H,15H2,1-3H3,(H,28,30). The minimum atomic E-state index is -1.81. The van der Waals surface area contributed by atoms with Crippen molar-refractivity contribution in [3.8, 4) is 5.75 Å². The number of carbonyl (C=O) groups excluding carboxylic acids is 2. The topological polar surface area (TPSA) is 84.9 Å². The van der Waals surface area contributed by atoms with Crippen molar-refractivity contribution in [2.24, 2.45) is 0 Å². The molecule has 0 aliphatic carbocycles. The fourth-order valence-electron chi connectivity index (χ4n) is 3.11. The first-order valence-electron chi connectivity index (χ1n) is 10.5. The molecular formula is C25H24Cl2N2O5S. The van der Waals surface area contributed by atoms with Gasteiger partial charge in [0.1, 0.15) is 5.75 Å². The van der Waals surface area contributed by atoms with Gasteiger partial charge in [-0.3, -0.25) is 9.52 Å². The van der Waals surface area contributed by atoms with E-state index in [2.05, 4.69) is 9.46 Å². The van der Waals surface area contributed by atoms with Crippen LogP contribution < -0.4 is 14.4 Å². The minimum absolute atomic E-state index is 0.320. The molecule has 0 spiro atoms. The number of carbonyl (C=O) groups is 2. The summed E-state index contributed by atoms with van der Waals surface area (Å²) in [6.07, 6.45) is -0.890. The number of anilines is 1. The van der Waals surface area contributed by atoms with Crippen LogP contribution in [0.2, 0.25) is 10.0 Å². The first-order valence-corrected chi connectivity index (χ1v) is 12.4. The summed E-state index contributed by atoms with van der Waals surface area (Å²) in [7, 11) is 1.38. The average molecular weight is 535 g/mol. The molecule has 0 aromatic heterocycles. The summed E-state index contributed by atoms with van der Waals surface area (Å²) in [6, 6.07) is 18.5. The zero-order valence-electron chi connectivity index (χ0n) is 19.3. The van der Waals surface area contributed by atoms with Crippen molar-refractivity contribution in [1.29, 1.82) is 0 Å². The van der Waals surface area contributed by atoms with Gasteiger partial charge in [-0.15, -0.1) is 0 Å². The molecule has 3 aromatic carbocycles. The monoisotopic (exact) mass is 534 g/mol. The molecule has 2 unspecified atom stereocenters. The van der Waals surface area contributed by atoms with E-state index in [0.717, 1.165) is 11.3 Å². The molecule has 0 aliphatic heterocycles. The molecule has 3 rings (SSSR count). The second-order valence-electron chi connectivity index (χ2n) is 7.56. The smallest absolute Gasteiger partial charge is 0.337 e. The molecule has 0 radical (unpaired) electrons. The highest BCUT2D eigenvalue weighted by atomic mass is 35.5. The Morgan fingerprint density at radius 1 is 1.00 bits per heavy atom. The maximum atomic E-state index is 12.5. The van der Waals surface area contributed by atoms with Gasteiger partial charge in [0.2, 0.25) is 0 Å². The molecule has 0 saturated carbocycles. The predicted octanol–water partition coefficient (Wildman–Crippen LogP) is 5.02. The first-order chi connectivity index (χ1) is 16.7. The van der Waals surface area contributed by atoms with Crippen LogP contribution in [0.5, 0.6) is 5.75 Å². The van der Waals surface area contributed by atoms with Crippen molar-refractivity contribution in [1.82, 2.24) is 4.72 Å². The average Bonchev–Trinajstić information content (AvgIpc) is 2.86. The summed E-state index contributed by atoms with van der Waals surface area (Å²) < 4.78 is 25.2. The molecule has 35 heavy (non-hydrogen) atoms. The number of hydrogen-bond acceptors (Lipinski definition) is 6. The molecule has 7 nitrogen and oxygen atoms in total. The molecule has 184 valence electrons. The molecule has 0 saturated heterocycles. The van der Waals surface area contributed by atoms with Gasteiger partial charge in [0.15, 0.2) is 17.1 Å². The Morgan fingerprint density at radius 3 is 2.17 bits per heavy atom. The summed E-state index contributed by atoms with van der Waals surface area (Å²) in [5.74, 6) is -0.568. The van der Waals surface area contributed by atoms with E-state index in [4.69, 9.17) is 27.9 Å². The highest BCUT2D eigenvalue weighted by molar-refractivity contribution is 7.83. The largest absolute Gasteiger partial charge is 0.481 e. The van der Waals surface area contributed by atoms with Crippen molar-refractivity contribution >= 4 is 51.8 Å². The van der Waals surface area contributed by atoms with Gasteiger partial charge in [0.25, 0.3) is 5.91 Å². The van der Waals surface area contributed by atoms with E-state index in [9.17, 15) is 13.8 Å². The van der Waals surface area contributed by atoms with Crippen LogP contribution in [0.4, 0.5) is 5.69 Å². The van der Waals surface area contributed by atoms with Crippen LogP contribution in [0.25, 0.3) is 0 Å². The number of halogens is 2. The normalized spacial score (nSPS) is 12.4. The Labute approximate surface area is 216 Å². The SMILES string of the molecule is COC(=O)c1ccc(S(=O)NC(=O)C(C)Oc2ccc(N(C)Cc3c(Cl)cccc3Cl)cc2)cc1. The fourth-order valence-corrected chi connectivity index (χ4v) is 4.48. The fraction of sp³-hybridized carbons (Fsp3) is 0.200. The minimum Gasteiger partial charge on any atom is -0.481 e. The van der Waals surface area contributed by atoms with Crippen molar-refractivity contribution in [2.45, 2.75) is 24.5 Å². The van der Waals surface area contributed by atoms with Gasteiger partial charge in [-0.25, -0.2) is 9.00 Å². The van der Waals surface area contributed by atoms with E-state index in [1.54, 1.807) is 37.3 Å². The van der Waals surface area contributed by atoms with E-state index in [1.807, 2.05) is 24.1 Å². The zero-order chi connectivity index (χ0) is 25.5. The third-order valence-corrected chi connectivity index (χ3v) is 6.89. The van der Waals surface area contributed by atoms with E-state index in [1.165, 1.54) is 31.4 Å². The number of nitrogens with one attached hydrogen (secondary N) is 1. The second kappa shape index (κ2) is 12.1. The van der Waals surface area contributed by atoms with Crippen LogP contribution in [0.15, 0.2) is 71.6 Å². The van der Waals surface area contributed by atoms with Gasteiger partial charge in [-0.2, -0.15) is 0 Å². The van der Waals surface area contributed by atoms with E-state index in [-0.39, 0.29) is 0 Å². The van der Waals surface area contributed by atoms with Gasteiger partial charge in [-0.05, 0) is 67.6 Å². The van der Waals surface area contributed by atoms with Crippen LogP contribution in [-0.4, -0.2) is 36.3 Å². The number of esters is 1. The molecule has 0 aliphatic rings. The van der Waals surface area contributed by atoms with Gasteiger partial charge in [0.05, 0.1) is 17.6 Å². The molecule has 10 heteroatoms. The summed E-state index contributed by atoms with van der Waals surface area (Å²) in [5.41, 5.74) is 2.05. The number of benzene rings is 3.